The number of hydrogen-bond acceptors (Lipinski definition) is 10. The number of thiazole rings is 1. The molecule has 0 saturated heterocycles. The van der Waals surface area contributed by atoms with Gasteiger partial charge in [0.2, 0.25) is 5.91 Å². The summed E-state index contributed by atoms with van der Waals surface area (Å²) in [7, 11) is 1.39. The molecule has 2 aromatic heterocycles. The molecule has 266 valence electrons. The Hall–Kier alpha value is -4.00. The third-order valence-electron chi connectivity index (χ3n) is 7.88. The number of carbonyl (C=O) groups excluding carboxylic acids is 4. The second-order valence-electron chi connectivity index (χ2n) is 11.9. The summed E-state index contributed by atoms with van der Waals surface area (Å²) in [5.74, 6) is -2.25. The first-order valence-electron chi connectivity index (χ1n) is 15.1. The Balaban J connectivity index is 0.000000462. The van der Waals surface area contributed by atoms with Crippen LogP contribution in [0, 0.1) is 12.8 Å². The van der Waals surface area contributed by atoms with Crippen LogP contribution in [0.15, 0.2) is 47.5 Å². The van der Waals surface area contributed by atoms with Gasteiger partial charge < -0.3 is 31.2 Å². The van der Waals surface area contributed by atoms with Crippen LogP contribution in [0.25, 0.3) is 0 Å². The molecule has 1 saturated carbocycles. The second-order valence-corrected chi connectivity index (χ2v) is 14.8. The van der Waals surface area contributed by atoms with E-state index in [0.717, 1.165) is 35.6 Å². The van der Waals surface area contributed by atoms with E-state index in [1.165, 1.54) is 40.6 Å². The number of carbonyl (C=O) groups is 4. The lowest BCUT2D eigenvalue weighted by Gasteiger charge is -2.37. The molecule has 3 atom stereocenters. The zero-order chi connectivity index (χ0) is 35.2. The average Bonchev–Trinajstić information content (AvgIpc) is 3.46. The van der Waals surface area contributed by atoms with Crippen molar-refractivity contribution >= 4 is 62.5 Å². The highest BCUT2D eigenvalue weighted by molar-refractivity contribution is 7.85. The molecule has 3 aromatic rings. The van der Waals surface area contributed by atoms with E-state index in [-0.39, 0.29) is 33.9 Å². The quantitative estimate of drug-likeness (QED) is 0.212. The summed E-state index contributed by atoms with van der Waals surface area (Å²) in [6.45, 7) is 3.48. The van der Waals surface area contributed by atoms with E-state index in [1.54, 1.807) is 32.3 Å². The molecule has 2 aliphatic rings. The van der Waals surface area contributed by atoms with Crippen molar-refractivity contribution in [2.24, 2.45) is 5.92 Å². The summed E-state index contributed by atoms with van der Waals surface area (Å²) in [4.78, 5) is 64.2. The summed E-state index contributed by atoms with van der Waals surface area (Å²) in [5, 5.41) is 8.91. The summed E-state index contributed by atoms with van der Waals surface area (Å²) < 4.78 is 29.6. The molecule has 1 fully saturated rings. The van der Waals surface area contributed by atoms with Crippen molar-refractivity contribution < 1.29 is 37.6 Å². The molecule has 1 aliphatic carbocycles. The van der Waals surface area contributed by atoms with Crippen LogP contribution >= 0.6 is 22.9 Å². The molecule has 49 heavy (non-hydrogen) atoms. The number of nitrogens with one attached hydrogen (secondary N) is 3. The Kier molecular flexibility index (Phi) is 13.8. The number of rotatable bonds is 6. The van der Waals surface area contributed by atoms with Gasteiger partial charge >= 0.3 is 11.8 Å². The molecule has 0 radical (unpaired) electrons. The lowest BCUT2D eigenvalue weighted by molar-refractivity contribution is -0.137. The smallest absolute Gasteiger partial charge is 0.314 e. The molecule has 1 aromatic carbocycles. The fourth-order valence-electron chi connectivity index (χ4n) is 5.31. The zero-order valence-corrected chi connectivity index (χ0v) is 29.8. The highest BCUT2D eigenvalue weighted by Crippen LogP contribution is 2.28. The van der Waals surface area contributed by atoms with Gasteiger partial charge in [-0.05, 0) is 57.5 Å². The number of nitrogens with zero attached hydrogens (tertiary/aromatic N) is 4. The highest BCUT2D eigenvalue weighted by Gasteiger charge is 2.37. The Bertz CT molecular complexity index is 1750. The Morgan fingerprint density at radius 2 is 1.71 bits per heavy atom. The molecule has 18 heteroatoms. The van der Waals surface area contributed by atoms with Gasteiger partial charge in [0.25, 0.3) is 16.0 Å². The third kappa shape index (κ3) is 11.0. The molecular weight excluding hydrogens is 698 g/mol. The number of hydrogen-bond donors (Lipinski definition) is 4. The van der Waals surface area contributed by atoms with Crippen molar-refractivity contribution in [3.8, 4) is 0 Å². The lowest BCUT2D eigenvalue weighted by atomic mass is 9.81. The molecule has 0 bridgehead atoms. The first-order chi connectivity index (χ1) is 22.6. The van der Waals surface area contributed by atoms with Gasteiger partial charge in [-0.3, -0.25) is 23.7 Å². The van der Waals surface area contributed by atoms with Crippen LogP contribution in [0.5, 0.6) is 0 Å². The fourth-order valence-corrected chi connectivity index (χ4v) is 6.99. The van der Waals surface area contributed by atoms with Gasteiger partial charge in [-0.15, -0.1) is 11.3 Å². The van der Waals surface area contributed by atoms with Crippen LogP contribution in [-0.2, 0) is 37.5 Å². The van der Waals surface area contributed by atoms with Crippen molar-refractivity contribution in [3.63, 3.8) is 0 Å². The molecule has 1 aliphatic heterocycles. The maximum atomic E-state index is 13.2. The fraction of sp³-hybridized carbons (Fsp3) is 0.419. The second kappa shape index (κ2) is 17.1. The van der Waals surface area contributed by atoms with E-state index >= 15 is 0 Å². The number of aromatic nitrogens is 2. The Labute approximate surface area is 293 Å². The van der Waals surface area contributed by atoms with Gasteiger partial charge in [-0.1, -0.05) is 29.3 Å². The van der Waals surface area contributed by atoms with Crippen molar-refractivity contribution in [2.45, 2.75) is 56.1 Å². The van der Waals surface area contributed by atoms with Crippen LogP contribution in [0.1, 0.15) is 45.2 Å². The van der Waals surface area contributed by atoms with Gasteiger partial charge in [0.15, 0.2) is 5.01 Å². The van der Waals surface area contributed by atoms with Crippen LogP contribution < -0.4 is 16.0 Å². The number of halogens is 1. The van der Waals surface area contributed by atoms with Crippen LogP contribution in [0.2, 0.25) is 5.02 Å². The van der Waals surface area contributed by atoms with Gasteiger partial charge in [0.05, 0.1) is 21.7 Å². The zero-order valence-electron chi connectivity index (χ0n) is 27.4. The average molecular weight is 738 g/mol. The van der Waals surface area contributed by atoms with E-state index in [4.69, 9.17) is 16.2 Å². The molecule has 15 nitrogen and oxygen atoms in total. The molecule has 6 N–H and O–H groups in total. The topological polar surface area (TPSA) is 222 Å². The van der Waals surface area contributed by atoms with Crippen molar-refractivity contribution in [1.82, 2.24) is 30.4 Å². The third-order valence-corrected chi connectivity index (χ3v) is 10.1. The first-order valence-corrected chi connectivity index (χ1v) is 17.7. The normalized spacial score (nSPS) is 18.8. The Morgan fingerprint density at radius 3 is 2.33 bits per heavy atom. The van der Waals surface area contributed by atoms with Crippen LogP contribution in [0.4, 0.5) is 5.82 Å². The minimum absolute atomic E-state index is 0. The molecule has 5 rings (SSSR count). The maximum absolute atomic E-state index is 13.2. The van der Waals surface area contributed by atoms with Crippen LogP contribution in [-0.4, -0.2) is 102 Å². The number of pyridine rings is 1. The van der Waals surface area contributed by atoms with E-state index in [2.05, 4.69) is 30.8 Å². The predicted octanol–water partition coefficient (Wildman–Crippen LogP) is 1.71. The SMILES string of the molecule is CN1CCc2nc(C(=O)N[C@H]3C[C@H](C(=O)N(C)C)CC[C@H]3NC(=O)C(=O)Nc3ccc(Cl)cn3)sc2C1.Cc1ccc(S(=O)(=O)O)cc1.O. The first kappa shape index (κ1) is 39.4. The number of anilines is 1. The summed E-state index contributed by atoms with van der Waals surface area (Å²) in [6, 6.07) is 7.93. The predicted molar refractivity (Wildman–Crippen MR) is 184 cm³/mol. The number of benzene rings is 1. The largest absolute Gasteiger partial charge is 0.412 e. The van der Waals surface area contributed by atoms with Crippen LogP contribution in [0.3, 0.4) is 0 Å². The highest BCUT2D eigenvalue weighted by atomic mass is 35.5. The number of fused-ring (bicyclic) bond motifs is 1. The number of likely N-dealkylation sites (N-methyl/N-ethyl adjacent to an activating group) is 1. The minimum Gasteiger partial charge on any atom is -0.412 e. The molecule has 0 unspecified atom stereocenters. The van der Waals surface area contributed by atoms with Crippen molar-refractivity contribution in [1.29, 1.82) is 0 Å². The van der Waals surface area contributed by atoms with E-state index < -0.39 is 34.0 Å². The van der Waals surface area contributed by atoms with E-state index in [9.17, 15) is 27.6 Å². The van der Waals surface area contributed by atoms with Crippen molar-refractivity contribution in [3.05, 3.63) is 68.8 Å². The minimum atomic E-state index is -4.02. The van der Waals surface area contributed by atoms with E-state index in [1.807, 2.05) is 14.0 Å². The lowest BCUT2D eigenvalue weighted by Crippen LogP contribution is -2.57. The number of amides is 4. The summed E-state index contributed by atoms with van der Waals surface area (Å²) >= 11 is 7.17. The van der Waals surface area contributed by atoms with Gasteiger partial charge in [-0.2, -0.15) is 8.42 Å². The summed E-state index contributed by atoms with van der Waals surface area (Å²) in [6.07, 6.45) is 3.42. The maximum Gasteiger partial charge on any atom is 0.314 e. The van der Waals surface area contributed by atoms with Gasteiger partial charge in [-0.25, -0.2) is 9.97 Å². The van der Waals surface area contributed by atoms with Crippen molar-refractivity contribution in [2.75, 3.05) is 33.0 Å². The molecule has 3 heterocycles. The van der Waals surface area contributed by atoms with Gasteiger partial charge in [0, 0.05) is 56.6 Å². The number of aryl methyl sites for hydroxylation is 1. The standard InChI is InChI=1S/C24H30ClN7O4S.C7H8O3S.H2O/c1-31(2)24(36)13-4-6-15(27-20(33)21(34)30-19-7-5-14(25)11-26-19)17(10-13)28-22(35)23-29-16-8-9-32(3)12-18(16)37-23;1-6-2-4-7(5-3-6)11(8,9)10;/h5,7,11,13,15,17H,4,6,8-10,12H2,1-3H3,(H,27,33)(H,28,35)(H,26,30,34);2-5H,1H3,(H,8,9,10);1H2/t13-,15-,17+;;/m1../s1. The van der Waals surface area contributed by atoms with Gasteiger partial charge in [0.1, 0.15) is 5.82 Å². The monoisotopic (exact) mass is 737 g/mol. The molecular formula is C31H40ClN7O8S2. The molecule has 4 amide bonds. The van der Waals surface area contributed by atoms with E-state index in [0.29, 0.717) is 29.3 Å². The summed E-state index contributed by atoms with van der Waals surface area (Å²) in [5.41, 5.74) is 1.90. The Morgan fingerprint density at radius 1 is 1.02 bits per heavy atom. The molecule has 0 spiro atoms.